The molecule has 1 saturated carbocycles. The zero-order valence-corrected chi connectivity index (χ0v) is 16.1. The molecule has 0 amide bonds. The Morgan fingerprint density at radius 1 is 1.19 bits per heavy atom. The van der Waals surface area contributed by atoms with Gasteiger partial charge in [-0.15, -0.1) is 0 Å². The molecule has 2 aromatic rings. The third-order valence-corrected chi connectivity index (χ3v) is 5.06. The molecule has 4 heteroatoms. The molecule has 0 aliphatic heterocycles. The first-order valence-electron chi connectivity index (χ1n) is 9.11. The van der Waals surface area contributed by atoms with E-state index < -0.39 is 0 Å². The maximum atomic E-state index is 5.61. The molecule has 0 saturated heterocycles. The number of nitrogens with one attached hydrogen (secondary N) is 2. The standard InChI is InChI=1S/C22H26N2OS/c1-3-15-25-20-11-9-19(10-12-20)23-21(26)24-22(13-4-5-14-22)18-8-6-7-17(2)16-18/h3,6-12,16H,1,4-5,13-15H2,2H3,(H2,23,24,26). The number of rotatable bonds is 6. The first kappa shape index (κ1) is 18.5. The molecule has 136 valence electrons. The second-order valence-electron chi connectivity index (χ2n) is 6.86. The molecular weight excluding hydrogens is 340 g/mol. The molecule has 0 radical (unpaired) electrons. The minimum Gasteiger partial charge on any atom is -0.490 e. The van der Waals surface area contributed by atoms with E-state index in [1.807, 2.05) is 24.3 Å². The van der Waals surface area contributed by atoms with Crippen molar-refractivity contribution in [1.82, 2.24) is 5.32 Å². The van der Waals surface area contributed by atoms with E-state index in [-0.39, 0.29) is 5.54 Å². The molecule has 0 atom stereocenters. The van der Waals surface area contributed by atoms with Crippen LogP contribution in [0.25, 0.3) is 0 Å². The van der Waals surface area contributed by atoms with E-state index in [0.29, 0.717) is 11.7 Å². The lowest BCUT2D eigenvalue weighted by atomic mass is 9.87. The Kier molecular flexibility index (Phi) is 5.94. The SMILES string of the molecule is C=CCOc1ccc(NC(=S)NC2(c3cccc(C)c3)CCCC2)cc1. The van der Waals surface area contributed by atoms with Crippen molar-refractivity contribution in [2.24, 2.45) is 0 Å². The Morgan fingerprint density at radius 2 is 1.92 bits per heavy atom. The second-order valence-corrected chi connectivity index (χ2v) is 7.27. The van der Waals surface area contributed by atoms with E-state index in [2.05, 4.69) is 48.4 Å². The van der Waals surface area contributed by atoms with Crippen molar-refractivity contribution < 1.29 is 4.74 Å². The number of anilines is 1. The summed E-state index contributed by atoms with van der Waals surface area (Å²) in [6, 6.07) is 16.6. The molecule has 1 aliphatic carbocycles. The maximum Gasteiger partial charge on any atom is 0.171 e. The zero-order valence-electron chi connectivity index (χ0n) is 15.3. The van der Waals surface area contributed by atoms with Gasteiger partial charge in [-0.25, -0.2) is 0 Å². The highest BCUT2D eigenvalue weighted by Gasteiger charge is 2.36. The lowest BCUT2D eigenvalue weighted by Gasteiger charge is -2.33. The van der Waals surface area contributed by atoms with Crippen molar-refractivity contribution in [3.63, 3.8) is 0 Å². The van der Waals surface area contributed by atoms with Gasteiger partial charge in [0.05, 0.1) is 5.54 Å². The van der Waals surface area contributed by atoms with Gasteiger partial charge in [0, 0.05) is 5.69 Å². The summed E-state index contributed by atoms with van der Waals surface area (Å²) in [6.45, 7) is 6.30. The van der Waals surface area contributed by atoms with Gasteiger partial charge in [-0.3, -0.25) is 0 Å². The average molecular weight is 367 g/mol. The van der Waals surface area contributed by atoms with Crippen LogP contribution in [0.15, 0.2) is 61.2 Å². The van der Waals surface area contributed by atoms with E-state index in [1.54, 1.807) is 6.08 Å². The fourth-order valence-electron chi connectivity index (χ4n) is 3.58. The summed E-state index contributed by atoms with van der Waals surface area (Å²) in [5.41, 5.74) is 3.49. The number of ether oxygens (including phenoxy) is 1. The summed E-state index contributed by atoms with van der Waals surface area (Å²) in [6.07, 6.45) is 6.38. The molecule has 3 rings (SSSR count). The molecule has 3 nitrogen and oxygen atoms in total. The van der Waals surface area contributed by atoms with Crippen LogP contribution in [-0.4, -0.2) is 11.7 Å². The van der Waals surface area contributed by atoms with Gasteiger partial charge in [-0.2, -0.15) is 0 Å². The number of thiocarbonyl (C=S) groups is 1. The molecule has 2 N–H and O–H groups in total. The quantitative estimate of drug-likeness (QED) is 0.536. The highest BCUT2D eigenvalue weighted by atomic mass is 32.1. The van der Waals surface area contributed by atoms with Crippen molar-refractivity contribution in [1.29, 1.82) is 0 Å². The number of hydrogen-bond donors (Lipinski definition) is 2. The normalized spacial score (nSPS) is 15.3. The number of benzene rings is 2. The molecule has 0 bridgehead atoms. The van der Waals surface area contributed by atoms with Gasteiger partial charge in [0.2, 0.25) is 0 Å². The van der Waals surface area contributed by atoms with Gasteiger partial charge in [-0.1, -0.05) is 55.3 Å². The van der Waals surface area contributed by atoms with Gasteiger partial charge in [0.25, 0.3) is 0 Å². The molecule has 2 aromatic carbocycles. The molecule has 0 unspecified atom stereocenters. The minimum absolute atomic E-state index is 0.0664. The van der Waals surface area contributed by atoms with Crippen LogP contribution in [0.2, 0.25) is 0 Å². The van der Waals surface area contributed by atoms with E-state index in [1.165, 1.54) is 24.0 Å². The summed E-state index contributed by atoms with van der Waals surface area (Å²) >= 11 is 5.61. The van der Waals surface area contributed by atoms with Gasteiger partial charge in [0.15, 0.2) is 5.11 Å². The van der Waals surface area contributed by atoms with Crippen LogP contribution in [0.3, 0.4) is 0 Å². The van der Waals surface area contributed by atoms with Gasteiger partial charge >= 0.3 is 0 Å². The third-order valence-electron chi connectivity index (χ3n) is 4.86. The van der Waals surface area contributed by atoms with Crippen molar-refractivity contribution in [3.8, 4) is 5.75 Å². The van der Waals surface area contributed by atoms with E-state index in [0.717, 1.165) is 24.3 Å². The first-order chi connectivity index (χ1) is 12.6. The fourth-order valence-corrected chi connectivity index (χ4v) is 3.89. The summed E-state index contributed by atoms with van der Waals surface area (Å²) in [4.78, 5) is 0. The molecule has 0 spiro atoms. The Bertz CT molecular complexity index is 764. The fraction of sp³-hybridized carbons (Fsp3) is 0.318. The van der Waals surface area contributed by atoms with Crippen LogP contribution in [0.5, 0.6) is 5.75 Å². The van der Waals surface area contributed by atoms with Gasteiger partial charge in [-0.05, 0) is 61.8 Å². The zero-order chi connectivity index (χ0) is 18.4. The summed E-state index contributed by atoms with van der Waals surface area (Å²) in [5.74, 6) is 0.821. The molecule has 0 aromatic heterocycles. The Balaban J connectivity index is 1.68. The topological polar surface area (TPSA) is 33.3 Å². The third kappa shape index (κ3) is 4.44. The van der Waals surface area contributed by atoms with Crippen LogP contribution >= 0.6 is 12.2 Å². The highest BCUT2D eigenvalue weighted by molar-refractivity contribution is 7.80. The van der Waals surface area contributed by atoms with Crippen LogP contribution in [0.4, 0.5) is 5.69 Å². The number of aryl methyl sites for hydroxylation is 1. The van der Waals surface area contributed by atoms with Crippen molar-refractivity contribution in [2.45, 2.75) is 38.1 Å². The highest BCUT2D eigenvalue weighted by Crippen LogP contribution is 2.39. The largest absolute Gasteiger partial charge is 0.490 e. The van der Waals surface area contributed by atoms with E-state index >= 15 is 0 Å². The van der Waals surface area contributed by atoms with Crippen LogP contribution in [-0.2, 0) is 5.54 Å². The summed E-state index contributed by atoms with van der Waals surface area (Å²) in [5, 5.41) is 7.58. The van der Waals surface area contributed by atoms with Crippen LogP contribution in [0, 0.1) is 6.92 Å². The maximum absolute atomic E-state index is 5.61. The van der Waals surface area contributed by atoms with Gasteiger partial charge in [0.1, 0.15) is 12.4 Å². The molecule has 0 heterocycles. The average Bonchev–Trinajstić information content (AvgIpc) is 3.11. The van der Waals surface area contributed by atoms with Crippen molar-refractivity contribution in [2.75, 3.05) is 11.9 Å². The first-order valence-corrected chi connectivity index (χ1v) is 9.52. The predicted molar refractivity (Wildman–Crippen MR) is 113 cm³/mol. The van der Waals surface area contributed by atoms with Crippen molar-refractivity contribution in [3.05, 3.63) is 72.3 Å². The van der Waals surface area contributed by atoms with Crippen LogP contribution < -0.4 is 15.4 Å². The van der Waals surface area contributed by atoms with E-state index in [9.17, 15) is 0 Å². The smallest absolute Gasteiger partial charge is 0.171 e. The molecule has 26 heavy (non-hydrogen) atoms. The minimum atomic E-state index is -0.0664. The Hall–Kier alpha value is -2.33. The van der Waals surface area contributed by atoms with Crippen molar-refractivity contribution >= 4 is 23.0 Å². The van der Waals surface area contributed by atoms with Crippen LogP contribution in [0.1, 0.15) is 36.8 Å². The molecule has 1 fully saturated rings. The van der Waals surface area contributed by atoms with E-state index in [4.69, 9.17) is 17.0 Å². The number of hydrogen-bond acceptors (Lipinski definition) is 2. The Morgan fingerprint density at radius 3 is 2.58 bits per heavy atom. The molecular formula is C22H26N2OS. The second kappa shape index (κ2) is 8.37. The summed E-state index contributed by atoms with van der Waals surface area (Å²) in [7, 11) is 0. The summed E-state index contributed by atoms with van der Waals surface area (Å²) < 4.78 is 5.51. The predicted octanol–water partition coefficient (Wildman–Crippen LogP) is 5.32. The molecule has 1 aliphatic rings. The Labute approximate surface area is 161 Å². The lowest BCUT2D eigenvalue weighted by molar-refractivity contribution is 0.363. The lowest BCUT2D eigenvalue weighted by Crippen LogP contribution is -2.45. The monoisotopic (exact) mass is 366 g/mol. The van der Waals surface area contributed by atoms with Gasteiger partial charge < -0.3 is 15.4 Å².